The molecule has 3 N–H and O–H groups in total. The standard InChI is InChI=1S/C23H25FN2O4S.C22H23FN2O7S/c1-14(2)29-20-12-17-19(13-18(20)26-8-10-31(28)11-9-26)30-22(21(17)23(27)25-3)15-4-6-16(24)7-5-15;1-12(2)31-18-9-15-17(10-16(18)25(11-19(26)27)33(4,29)30)32-21(20(15)22(28)24-3)13-5-7-14(23)8-6-13/h4-7,12-14H,8-11H2,1-3H3,(H,25,27);5-10,12H,11H2,1-4H3,(H,24,28)(H,26,27). The minimum absolute atomic E-state index is 0.0519. The van der Waals surface area contributed by atoms with E-state index in [0.717, 1.165) is 11.9 Å². The van der Waals surface area contributed by atoms with E-state index in [2.05, 4.69) is 15.5 Å². The summed E-state index contributed by atoms with van der Waals surface area (Å²) in [6, 6.07) is 17.6. The number of sulfonamides is 1. The summed E-state index contributed by atoms with van der Waals surface area (Å²) in [6.45, 7) is 7.79. The number of rotatable bonds is 13. The van der Waals surface area contributed by atoms with Gasteiger partial charge >= 0.3 is 5.97 Å². The SMILES string of the molecule is CNC(=O)c1c(-c2ccc(F)cc2)oc2cc(N(CC(=O)O)S(C)(=O)=O)c(OC(C)C)cc12.CNC(=O)c1c(-c2ccc(F)cc2)oc2cc(N3CC[S+]([O-])CC3)c(OC(C)C)cc12. The summed E-state index contributed by atoms with van der Waals surface area (Å²) in [4.78, 5) is 39.0. The Morgan fingerprint density at radius 2 is 1.22 bits per heavy atom. The topological polar surface area (TPSA) is 204 Å². The molecule has 64 heavy (non-hydrogen) atoms. The zero-order valence-electron chi connectivity index (χ0n) is 36.1. The predicted octanol–water partition coefficient (Wildman–Crippen LogP) is 7.19. The van der Waals surface area contributed by atoms with Crippen LogP contribution in [0, 0.1) is 11.6 Å². The van der Waals surface area contributed by atoms with Crippen molar-refractivity contribution in [1.82, 2.24) is 10.6 Å². The summed E-state index contributed by atoms with van der Waals surface area (Å²) in [5, 5.41) is 15.4. The summed E-state index contributed by atoms with van der Waals surface area (Å²) in [5.74, 6) is -0.563. The van der Waals surface area contributed by atoms with Crippen LogP contribution in [-0.4, -0.2) is 99.6 Å². The minimum atomic E-state index is -4.01. The van der Waals surface area contributed by atoms with Crippen molar-refractivity contribution in [1.29, 1.82) is 0 Å². The van der Waals surface area contributed by atoms with Crippen molar-refractivity contribution in [2.75, 3.05) is 60.7 Å². The summed E-state index contributed by atoms with van der Waals surface area (Å²) in [6.07, 6.45) is 0.419. The van der Waals surface area contributed by atoms with Gasteiger partial charge in [-0.25, -0.2) is 17.2 Å². The highest BCUT2D eigenvalue weighted by Crippen LogP contribution is 2.43. The number of nitrogens with one attached hydrogen (secondary N) is 2. The molecule has 0 spiro atoms. The maximum atomic E-state index is 13.4. The average molecular weight is 923 g/mol. The van der Waals surface area contributed by atoms with E-state index in [1.807, 2.05) is 26.0 Å². The Labute approximate surface area is 371 Å². The third-order valence-electron chi connectivity index (χ3n) is 9.85. The van der Waals surface area contributed by atoms with Crippen molar-refractivity contribution in [2.24, 2.45) is 0 Å². The molecule has 0 atom stereocenters. The first-order chi connectivity index (χ1) is 30.3. The van der Waals surface area contributed by atoms with Crippen LogP contribution in [0.15, 0.2) is 81.6 Å². The van der Waals surface area contributed by atoms with Gasteiger partial charge in [0.05, 0.1) is 54.1 Å². The zero-order valence-corrected chi connectivity index (χ0v) is 37.7. The Balaban J connectivity index is 0.000000213. The van der Waals surface area contributed by atoms with Crippen molar-refractivity contribution >= 4 is 72.3 Å². The number of fused-ring (bicyclic) bond motifs is 2. The Morgan fingerprint density at radius 3 is 1.64 bits per heavy atom. The fourth-order valence-electron chi connectivity index (χ4n) is 7.06. The summed E-state index contributed by atoms with van der Waals surface area (Å²) >= 11 is -0.803. The van der Waals surface area contributed by atoms with Crippen molar-refractivity contribution in [3.8, 4) is 34.1 Å². The molecule has 340 valence electrons. The molecule has 6 aromatic rings. The summed E-state index contributed by atoms with van der Waals surface area (Å²) in [5.41, 5.74) is 3.01. The van der Waals surface area contributed by atoms with Gasteiger partial charge in [-0.1, -0.05) is 11.2 Å². The van der Waals surface area contributed by atoms with E-state index < -0.39 is 45.4 Å². The number of hydrogen-bond donors (Lipinski definition) is 3. The monoisotopic (exact) mass is 922 g/mol. The number of hydrogen-bond acceptors (Lipinski definition) is 11. The number of carbonyl (C=O) groups excluding carboxylic acids is 2. The molecule has 0 bridgehead atoms. The highest BCUT2D eigenvalue weighted by atomic mass is 32.2. The van der Waals surface area contributed by atoms with Gasteiger partial charge in [0, 0.05) is 48.1 Å². The van der Waals surface area contributed by atoms with Crippen molar-refractivity contribution < 1.29 is 59.5 Å². The van der Waals surface area contributed by atoms with Crippen LogP contribution in [0.4, 0.5) is 20.2 Å². The Bertz CT molecular complexity index is 2780. The van der Waals surface area contributed by atoms with Gasteiger partial charge in [-0.05, 0) is 88.4 Å². The molecule has 2 aromatic heterocycles. The van der Waals surface area contributed by atoms with E-state index >= 15 is 0 Å². The van der Waals surface area contributed by atoms with E-state index in [1.165, 1.54) is 55.6 Å². The van der Waals surface area contributed by atoms with E-state index in [4.69, 9.17) is 18.3 Å². The first kappa shape index (κ1) is 47.2. The highest BCUT2D eigenvalue weighted by molar-refractivity contribution is 7.92. The molecule has 2 amide bonds. The second-order valence-electron chi connectivity index (χ2n) is 15.2. The number of carboxylic acids is 1. The highest BCUT2D eigenvalue weighted by Gasteiger charge is 2.30. The quantitative estimate of drug-likeness (QED) is 0.0986. The molecule has 4 aromatic carbocycles. The van der Waals surface area contributed by atoms with E-state index in [9.17, 15) is 41.2 Å². The fourth-order valence-corrected chi connectivity index (χ4v) is 8.95. The number of amides is 2. The van der Waals surface area contributed by atoms with E-state index in [0.29, 0.717) is 73.5 Å². The lowest BCUT2D eigenvalue weighted by Crippen LogP contribution is -2.40. The molecule has 1 saturated heterocycles. The molecular formula is C45H48F2N4O11S2. The second-order valence-corrected chi connectivity index (χ2v) is 18.9. The normalized spacial score (nSPS) is 13.2. The number of furan rings is 2. The van der Waals surface area contributed by atoms with Crippen LogP contribution in [0.5, 0.6) is 11.5 Å². The molecule has 0 saturated carbocycles. The first-order valence-corrected chi connectivity index (χ1v) is 23.4. The van der Waals surface area contributed by atoms with Gasteiger partial charge in [-0.2, -0.15) is 0 Å². The van der Waals surface area contributed by atoms with Gasteiger partial charge in [0.1, 0.15) is 63.9 Å². The number of benzene rings is 4. The molecule has 0 aliphatic carbocycles. The van der Waals surface area contributed by atoms with Crippen LogP contribution in [0.1, 0.15) is 48.4 Å². The molecule has 0 unspecified atom stereocenters. The largest absolute Gasteiger partial charge is 0.616 e. The number of carbonyl (C=O) groups is 3. The molecule has 15 nitrogen and oxygen atoms in total. The predicted molar refractivity (Wildman–Crippen MR) is 241 cm³/mol. The summed E-state index contributed by atoms with van der Waals surface area (Å²) in [7, 11) is -1.01. The molecule has 3 heterocycles. The summed E-state index contributed by atoms with van der Waals surface area (Å²) < 4.78 is 88.1. The molecule has 19 heteroatoms. The molecule has 1 aliphatic heterocycles. The smallest absolute Gasteiger partial charge is 0.324 e. The van der Waals surface area contributed by atoms with Crippen molar-refractivity contribution in [2.45, 2.75) is 39.9 Å². The van der Waals surface area contributed by atoms with Gasteiger partial charge in [0.25, 0.3) is 11.8 Å². The van der Waals surface area contributed by atoms with Gasteiger partial charge in [-0.15, -0.1) is 0 Å². The maximum absolute atomic E-state index is 13.4. The number of aliphatic carboxylic acids is 1. The van der Waals surface area contributed by atoms with Gasteiger partial charge in [0.15, 0.2) is 0 Å². The Morgan fingerprint density at radius 1 is 0.781 bits per heavy atom. The number of halogens is 2. The van der Waals surface area contributed by atoms with E-state index in [1.54, 1.807) is 33.0 Å². The molecular weight excluding hydrogens is 875 g/mol. The van der Waals surface area contributed by atoms with Crippen molar-refractivity contribution in [3.05, 3.63) is 95.6 Å². The number of ether oxygens (including phenoxy) is 2. The molecule has 7 rings (SSSR count). The lowest BCUT2D eigenvalue weighted by Gasteiger charge is -2.31. The van der Waals surface area contributed by atoms with Crippen molar-refractivity contribution in [3.63, 3.8) is 0 Å². The van der Waals surface area contributed by atoms with Gasteiger partial charge in [0.2, 0.25) is 10.0 Å². The van der Waals surface area contributed by atoms with Crippen LogP contribution in [0.2, 0.25) is 0 Å². The average Bonchev–Trinajstić information content (AvgIpc) is 3.80. The molecule has 1 aliphatic rings. The fraction of sp³-hybridized carbons (Fsp3) is 0.311. The lowest BCUT2D eigenvalue weighted by atomic mass is 10.0. The number of anilines is 2. The third-order valence-corrected chi connectivity index (χ3v) is 12.3. The van der Waals surface area contributed by atoms with Crippen LogP contribution >= 0.6 is 0 Å². The van der Waals surface area contributed by atoms with E-state index in [-0.39, 0.29) is 52.3 Å². The zero-order chi connectivity index (χ0) is 46.6. The minimum Gasteiger partial charge on any atom is -0.616 e. The van der Waals surface area contributed by atoms with Crippen LogP contribution in [-0.2, 0) is 26.0 Å². The van der Waals surface area contributed by atoms with Gasteiger partial charge < -0.3 is 43.5 Å². The number of carboxylic acid groups (broad SMARTS) is 1. The van der Waals surface area contributed by atoms with Crippen LogP contribution in [0.3, 0.4) is 0 Å². The molecule has 0 radical (unpaired) electrons. The Kier molecular flexibility index (Phi) is 14.5. The second kappa shape index (κ2) is 19.6. The van der Waals surface area contributed by atoms with Crippen LogP contribution in [0.25, 0.3) is 44.6 Å². The number of nitrogens with zero attached hydrogens (tertiary/aromatic N) is 2. The van der Waals surface area contributed by atoms with Gasteiger partial charge in [-0.3, -0.25) is 18.7 Å². The molecule has 1 fully saturated rings. The lowest BCUT2D eigenvalue weighted by molar-refractivity contribution is -0.135. The Hall–Kier alpha value is -6.31. The maximum Gasteiger partial charge on any atom is 0.324 e. The van der Waals surface area contributed by atoms with Crippen LogP contribution < -0.4 is 29.3 Å². The first-order valence-electron chi connectivity index (χ1n) is 20.1. The third kappa shape index (κ3) is 10.5.